The monoisotopic (exact) mass is 248 g/mol. The van der Waals surface area contributed by atoms with Crippen molar-refractivity contribution < 1.29 is 4.74 Å². The molecule has 1 aromatic carbocycles. The molecule has 1 N–H and O–H groups in total. The van der Waals surface area contributed by atoms with E-state index in [1.165, 1.54) is 24.8 Å². The second-order valence-corrected chi connectivity index (χ2v) is 5.22. The van der Waals surface area contributed by atoms with E-state index < -0.39 is 0 Å². The molecule has 100 valence electrons. The zero-order chi connectivity index (χ0) is 13.0. The Kier molecular flexibility index (Phi) is 4.61. The van der Waals surface area contributed by atoms with Crippen molar-refractivity contribution in [3.8, 4) is 5.75 Å². The molecule has 3 heteroatoms. The Morgan fingerprint density at radius 1 is 1.28 bits per heavy atom. The van der Waals surface area contributed by atoms with Crippen molar-refractivity contribution in [2.24, 2.45) is 0 Å². The van der Waals surface area contributed by atoms with E-state index in [4.69, 9.17) is 4.74 Å². The lowest BCUT2D eigenvalue weighted by molar-refractivity contribution is 0.234. The first-order chi connectivity index (χ1) is 8.72. The Labute approximate surface area is 110 Å². The van der Waals surface area contributed by atoms with Crippen molar-refractivity contribution in [1.82, 2.24) is 10.2 Å². The zero-order valence-electron chi connectivity index (χ0n) is 11.6. The molecule has 1 aliphatic rings. The minimum atomic E-state index is 0.702. The first-order valence-electron chi connectivity index (χ1n) is 6.73. The Morgan fingerprint density at radius 2 is 2.00 bits per heavy atom. The molecule has 0 bridgehead atoms. The van der Waals surface area contributed by atoms with Gasteiger partial charge in [0.15, 0.2) is 0 Å². The van der Waals surface area contributed by atoms with Crippen LogP contribution in [-0.2, 0) is 6.54 Å². The van der Waals surface area contributed by atoms with E-state index in [1.807, 2.05) is 12.1 Å². The van der Waals surface area contributed by atoms with Crippen LogP contribution in [0.25, 0.3) is 0 Å². The van der Waals surface area contributed by atoms with E-state index in [0.717, 1.165) is 12.3 Å². The van der Waals surface area contributed by atoms with Crippen molar-refractivity contribution in [2.45, 2.75) is 37.9 Å². The normalized spacial score (nSPS) is 23.6. The van der Waals surface area contributed by atoms with Crippen LogP contribution in [0.4, 0.5) is 0 Å². The van der Waals surface area contributed by atoms with Crippen LogP contribution >= 0.6 is 0 Å². The zero-order valence-corrected chi connectivity index (χ0v) is 11.6. The van der Waals surface area contributed by atoms with E-state index >= 15 is 0 Å². The van der Waals surface area contributed by atoms with E-state index in [9.17, 15) is 0 Å². The van der Waals surface area contributed by atoms with Crippen LogP contribution < -0.4 is 10.1 Å². The summed E-state index contributed by atoms with van der Waals surface area (Å²) in [5.41, 5.74) is 1.35. The van der Waals surface area contributed by atoms with Crippen molar-refractivity contribution in [2.75, 3.05) is 21.2 Å². The summed E-state index contributed by atoms with van der Waals surface area (Å²) in [6.45, 7) is 1.02. The van der Waals surface area contributed by atoms with E-state index in [-0.39, 0.29) is 0 Å². The van der Waals surface area contributed by atoms with Gasteiger partial charge in [0.1, 0.15) is 5.75 Å². The van der Waals surface area contributed by atoms with Gasteiger partial charge in [-0.3, -0.25) is 4.90 Å². The third-order valence-corrected chi connectivity index (χ3v) is 4.03. The molecular weight excluding hydrogens is 224 g/mol. The number of rotatable bonds is 5. The standard InChI is InChI=1S/C15H24N2O/c1-16-13-6-7-14(10-13)17(2)11-12-4-8-15(18-3)9-5-12/h4-5,8-9,13-14,16H,6-7,10-11H2,1-3H3. The molecule has 0 aromatic heterocycles. The quantitative estimate of drug-likeness (QED) is 0.865. The Morgan fingerprint density at radius 3 is 2.56 bits per heavy atom. The molecule has 0 amide bonds. The summed E-state index contributed by atoms with van der Waals surface area (Å²) in [5.74, 6) is 0.928. The molecule has 3 nitrogen and oxygen atoms in total. The first-order valence-corrected chi connectivity index (χ1v) is 6.73. The number of ether oxygens (including phenoxy) is 1. The topological polar surface area (TPSA) is 24.5 Å². The van der Waals surface area contributed by atoms with Gasteiger partial charge in [-0.25, -0.2) is 0 Å². The van der Waals surface area contributed by atoms with Crippen molar-refractivity contribution in [3.63, 3.8) is 0 Å². The number of hydrogen-bond donors (Lipinski definition) is 1. The van der Waals surface area contributed by atoms with Crippen LogP contribution in [0.1, 0.15) is 24.8 Å². The summed E-state index contributed by atoms with van der Waals surface area (Å²) in [4.78, 5) is 2.47. The molecule has 0 spiro atoms. The number of hydrogen-bond acceptors (Lipinski definition) is 3. The third-order valence-electron chi connectivity index (χ3n) is 4.03. The highest BCUT2D eigenvalue weighted by atomic mass is 16.5. The Hall–Kier alpha value is -1.06. The number of nitrogens with zero attached hydrogens (tertiary/aromatic N) is 1. The van der Waals surface area contributed by atoms with Gasteiger partial charge in [0, 0.05) is 18.6 Å². The minimum absolute atomic E-state index is 0.702. The van der Waals surface area contributed by atoms with Gasteiger partial charge in [-0.05, 0) is 51.1 Å². The molecule has 0 radical (unpaired) electrons. The van der Waals surface area contributed by atoms with Crippen LogP contribution in [0.2, 0.25) is 0 Å². The molecule has 0 aliphatic heterocycles. The SMILES string of the molecule is CNC1CCC(N(C)Cc2ccc(OC)cc2)C1. The van der Waals surface area contributed by atoms with Gasteiger partial charge in [-0.15, -0.1) is 0 Å². The van der Waals surface area contributed by atoms with Crippen molar-refractivity contribution in [3.05, 3.63) is 29.8 Å². The lowest BCUT2D eigenvalue weighted by atomic mass is 10.1. The largest absolute Gasteiger partial charge is 0.497 e. The fourth-order valence-corrected chi connectivity index (χ4v) is 2.77. The van der Waals surface area contributed by atoms with Crippen LogP contribution in [0.5, 0.6) is 5.75 Å². The van der Waals surface area contributed by atoms with Gasteiger partial charge in [-0.1, -0.05) is 12.1 Å². The second-order valence-electron chi connectivity index (χ2n) is 5.22. The summed E-state index contributed by atoms with van der Waals surface area (Å²) >= 11 is 0. The van der Waals surface area contributed by atoms with Gasteiger partial charge in [0.25, 0.3) is 0 Å². The molecule has 1 fully saturated rings. The van der Waals surface area contributed by atoms with E-state index in [0.29, 0.717) is 12.1 Å². The average Bonchev–Trinajstić information content (AvgIpc) is 2.88. The predicted molar refractivity (Wildman–Crippen MR) is 74.9 cm³/mol. The molecule has 0 saturated heterocycles. The highest BCUT2D eigenvalue weighted by Gasteiger charge is 2.26. The molecular formula is C15H24N2O. The maximum absolute atomic E-state index is 5.18. The second kappa shape index (κ2) is 6.21. The summed E-state index contributed by atoms with van der Waals surface area (Å²) in [7, 11) is 6.00. The smallest absolute Gasteiger partial charge is 0.118 e. The van der Waals surface area contributed by atoms with Crippen molar-refractivity contribution >= 4 is 0 Å². The van der Waals surface area contributed by atoms with Crippen molar-refractivity contribution in [1.29, 1.82) is 0 Å². The van der Waals surface area contributed by atoms with E-state index in [2.05, 4.69) is 36.4 Å². The molecule has 1 aliphatic carbocycles. The molecule has 2 unspecified atom stereocenters. The van der Waals surface area contributed by atoms with Crippen LogP contribution in [0, 0.1) is 0 Å². The summed E-state index contributed by atoms with van der Waals surface area (Å²) in [6, 6.07) is 9.79. The summed E-state index contributed by atoms with van der Waals surface area (Å²) in [5, 5.41) is 3.38. The molecule has 1 aromatic rings. The highest BCUT2D eigenvalue weighted by molar-refractivity contribution is 5.27. The lowest BCUT2D eigenvalue weighted by Crippen LogP contribution is -2.31. The molecule has 2 rings (SSSR count). The fourth-order valence-electron chi connectivity index (χ4n) is 2.77. The molecule has 2 atom stereocenters. The number of nitrogens with one attached hydrogen (secondary N) is 1. The van der Waals surface area contributed by atoms with Gasteiger partial charge in [-0.2, -0.15) is 0 Å². The molecule has 1 saturated carbocycles. The maximum Gasteiger partial charge on any atom is 0.118 e. The molecule has 18 heavy (non-hydrogen) atoms. The number of methoxy groups -OCH3 is 1. The fraction of sp³-hybridized carbons (Fsp3) is 0.600. The molecule has 0 heterocycles. The van der Waals surface area contributed by atoms with Crippen LogP contribution in [-0.4, -0.2) is 38.2 Å². The van der Waals surface area contributed by atoms with Gasteiger partial charge in [0.05, 0.1) is 7.11 Å². The summed E-state index contributed by atoms with van der Waals surface area (Å²) in [6.07, 6.45) is 3.87. The maximum atomic E-state index is 5.18. The average molecular weight is 248 g/mol. The lowest BCUT2D eigenvalue weighted by Gasteiger charge is -2.24. The van der Waals surface area contributed by atoms with E-state index in [1.54, 1.807) is 7.11 Å². The van der Waals surface area contributed by atoms with Crippen LogP contribution in [0.15, 0.2) is 24.3 Å². The van der Waals surface area contributed by atoms with Gasteiger partial charge >= 0.3 is 0 Å². The third kappa shape index (κ3) is 3.24. The Balaban J connectivity index is 1.88. The Bertz CT molecular complexity index is 363. The van der Waals surface area contributed by atoms with Gasteiger partial charge < -0.3 is 10.1 Å². The highest BCUT2D eigenvalue weighted by Crippen LogP contribution is 2.24. The first kappa shape index (κ1) is 13.4. The summed E-state index contributed by atoms with van der Waals surface area (Å²) < 4.78 is 5.18. The van der Waals surface area contributed by atoms with Gasteiger partial charge in [0.2, 0.25) is 0 Å². The predicted octanol–water partition coefficient (Wildman–Crippen LogP) is 2.27. The number of benzene rings is 1. The minimum Gasteiger partial charge on any atom is -0.497 e. The van der Waals surface area contributed by atoms with Crippen LogP contribution in [0.3, 0.4) is 0 Å².